The van der Waals surface area contributed by atoms with E-state index < -0.39 is 0 Å². The van der Waals surface area contributed by atoms with E-state index in [0.717, 1.165) is 44.2 Å². The lowest BCUT2D eigenvalue weighted by Gasteiger charge is -2.36. The van der Waals surface area contributed by atoms with Gasteiger partial charge >= 0.3 is 6.03 Å². The molecule has 0 atom stereocenters. The van der Waals surface area contributed by atoms with Gasteiger partial charge in [-0.15, -0.1) is 0 Å². The molecule has 23 heavy (non-hydrogen) atoms. The zero-order valence-electron chi connectivity index (χ0n) is 14.0. The van der Waals surface area contributed by atoms with Crippen LogP contribution < -0.4 is 15.0 Å². The molecule has 3 rings (SSSR count). The Morgan fingerprint density at radius 2 is 1.87 bits per heavy atom. The molecule has 1 aliphatic heterocycles. The highest BCUT2D eigenvalue weighted by Gasteiger charge is 2.23. The summed E-state index contributed by atoms with van der Waals surface area (Å²) in [5, 5.41) is 3.12. The molecular formula is C18H27N3O2. The highest BCUT2D eigenvalue weighted by molar-refractivity contribution is 5.74. The molecule has 1 aromatic carbocycles. The van der Waals surface area contributed by atoms with Gasteiger partial charge in [-0.3, -0.25) is 0 Å². The topological polar surface area (TPSA) is 44.8 Å². The molecule has 0 unspecified atom stereocenters. The van der Waals surface area contributed by atoms with Gasteiger partial charge in [-0.25, -0.2) is 4.79 Å². The first-order valence-corrected chi connectivity index (χ1v) is 8.68. The first-order chi connectivity index (χ1) is 11.3. The summed E-state index contributed by atoms with van der Waals surface area (Å²) in [5.74, 6) is 1.58. The fourth-order valence-electron chi connectivity index (χ4n) is 3.60. The summed E-state index contributed by atoms with van der Waals surface area (Å²) in [5.41, 5.74) is 1.11. The summed E-state index contributed by atoms with van der Waals surface area (Å²) in [6.07, 6.45) is 5.17. The van der Waals surface area contributed by atoms with E-state index in [1.807, 2.05) is 23.1 Å². The van der Waals surface area contributed by atoms with E-state index in [0.29, 0.717) is 5.92 Å². The van der Waals surface area contributed by atoms with Crippen molar-refractivity contribution in [3.63, 3.8) is 0 Å². The van der Waals surface area contributed by atoms with Crippen LogP contribution in [0.5, 0.6) is 5.75 Å². The van der Waals surface area contributed by atoms with Gasteiger partial charge in [0.2, 0.25) is 0 Å². The van der Waals surface area contributed by atoms with Crippen molar-refractivity contribution in [2.75, 3.05) is 44.7 Å². The minimum absolute atomic E-state index is 0.0941. The minimum Gasteiger partial charge on any atom is -0.495 e. The second-order valence-electron chi connectivity index (χ2n) is 6.48. The molecule has 0 bridgehead atoms. The number of benzene rings is 1. The van der Waals surface area contributed by atoms with Gasteiger partial charge in [0.25, 0.3) is 0 Å². The zero-order valence-corrected chi connectivity index (χ0v) is 14.0. The molecule has 0 spiro atoms. The van der Waals surface area contributed by atoms with Crippen LogP contribution in [-0.2, 0) is 0 Å². The van der Waals surface area contributed by atoms with Crippen LogP contribution in [-0.4, -0.2) is 50.8 Å². The lowest BCUT2D eigenvalue weighted by atomic mass is 10.1. The number of urea groups is 1. The van der Waals surface area contributed by atoms with Crippen LogP contribution >= 0.6 is 0 Å². The third-order valence-corrected chi connectivity index (χ3v) is 5.01. The molecule has 1 saturated carbocycles. The summed E-state index contributed by atoms with van der Waals surface area (Å²) in [6.45, 7) is 4.04. The fourth-order valence-corrected chi connectivity index (χ4v) is 3.60. The Bertz CT molecular complexity index is 521. The smallest absolute Gasteiger partial charge is 0.317 e. The third kappa shape index (κ3) is 3.89. The third-order valence-electron chi connectivity index (χ3n) is 5.01. The van der Waals surface area contributed by atoms with Gasteiger partial charge in [0, 0.05) is 32.7 Å². The molecule has 126 valence electrons. The van der Waals surface area contributed by atoms with Crippen LogP contribution in [0.15, 0.2) is 24.3 Å². The molecule has 1 aromatic rings. The molecule has 5 heteroatoms. The molecule has 1 heterocycles. The number of hydrogen-bond donors (Lipinski definition) is 1. The molecule has 1 aliphatic carbocycles. The number of piperazine rings is 1. The maximum absolute atomic E-state index is 12.3. The van der Waals surface area contributed by atoms with E-state index in [9.17, 15) is 4.79 Å². The summed E-state index contributed by atoms with van der Waals surface area (Å²) in [7, 11) is 1.70. The average molecular weight is 317 g/mol. The normalized spacial score (nSPS) is 19.0. The molecule has 1 N–H and O–H groups in total. The Morgan fingerprint density at radius 1 is 1.17 bits per heavy atom. The molecule has 2 aliphatic rings. The van der Waals surface area contributed by atoms with E-state index in [1.165, 1.54) is 25.7 Å². The van der Waals surface area contributed by atoms with Crippen molar-refractivity contribution in [3.05, 3.63) is 24.3 Å². The minimum atomic E-state index is 0.0941. The summed E-state index contributed by atoms with van der Waals surface area (Å²) >= 11 is 0. The number of amides is 2. The second kappa shape index (κ2) is 7.57. The number of carbonyl (C=O) groups excluding carboxylic acids is 1. The Balaban J connectivity index is 1.48. The maximum atomic E-state index is 12.3. The van der Waals surface area contributed by atoms with E-state index in [-0.39, 0.29) is 6.03 Å². The maximum Gasteiger partial charge on any atom is 0.317 e. The molecule has 1 saturated heterocycles. The van der Waals surface area contributed by atoms with Crippen molar-refractivity contribution in [2.45, 2.75) is 25.7 Å². The van der Waals surface area contributed by atoms with E-state index in [2.05, 4.69) is 16.3 Å². The lowest BCUT2D eigenvalue weighted by Crippen LogP contribution is -2.52. The van der Waals surface area contributed by atoms with Crippen molar-refractivity contribution >= 4 is 11.7 Å². The van der Waals surface area contributed by atoms with Gasteiger partial charge in [-0.1, -0.05) is 25.0 Å². The first-order valence-electron chi connectivity index (χ1n) is 8.68. The number of methoxy groups -OCH3 is 1. The zero-order chi connectivity index (χ0) is 16.1. The molecule has 0 aromatic heterocycles. The van der Waals surface area contributed by atoms with Crippen molar-refractivity contribution < 1.29 is 9.53 Å². The monoisotopic (exact) mass is 317 g/mol. The van der Waals surface area contributed by atoms with Crippen LogP contribution in [0.3, 0.4) is 0 Å². The molecule has 2 amide bonds. The number of ether oxygens (including phenoxy) is 1. The number of nitrogens with zero attached hydrogens (tertiary/aromatic N) is 2. The Morgan fingerprint density at radius 3 is 2.57 bits per heavy atom. The number of hydrogen-bond acceptors (Lipinski definition) is 3. The molecule has 0 radical (unpaired) electrons. The van der Waals surface area contributed by atoms with E-state index in [4.69, 9.17) is 4.74 Å². The van der Waals surface area contributed by atoms with Crippen LogP contribution in [0.4, 0.5) is 10.5 Å². The molecule has 5 nitrogen and oxygen atoms in total. The van der Waals surface area contributed by atoms with Gasteiger partial charge in [0.15, 0.2) is 0 Å². The van der Waals surface area contributed by atoms with E-state index in [1.54, 1.807) is 7.11 Å². The second-order valence-corrected chi connectivity index (χ2v) is 6.48. The highest BCUT2D eigenvalue weighted by Crippen LogP contribution is 2.28. The highest BCUT2D eigenvalue weighted by atomic mass is 16.5. The van der Waals surface area contributed by atoms with Crippen LogP contribution in [0.25, 0.3) is 0 Å². The molecule has 2 fully saturated rings. The Labute approximate surface area is 138 Å². The van der Waals surface area contributed by atoms with Gasteiger partial charge < -0.3 is 19.9 Å². The largest absolute Gasteiger partial charge is 0.495 e. The van der Waals surface area contributed by atoms with Gasteiger partial charge in [-0.2, -0.15) is 0 Å². The SMILES string of the molecule is COc1ccccc1N1CCN(C(=O)NCC2CCCC2)CC1. The number of anilines is 1. The van der Waals surface area contributed by atoms with Crippen LogP contribution in [0.2, 0.25) is 0 Å². The quantitative estimate of drug-likeness (QED) is 0.929. The fraction of sp³-hybridized carbons (Fsp3) is 0.611. The predicted octanol–water partition coefficient (Wildman–Crippen LogP) is 2.72. The van der Waals surface area contributed by atoms with Crippen molar-refractivity contribution in [2.24, 2.45) is 5.92 Å². The number of carbonyl (C=O) groups is 1. The number of nitrogens with one attached hydrogen (secondary N) is 1. The van der Waals surface area contributed by atoms with Gasteiger partial charge in [0.05, 0.1) is 12.8 Å². The summed E-state index contributed by atoms with van der Waals surface area (Å²) in [4.78, 5) is 16.5. The lowest BCUT2D eigenvalue weighted by molar-refractivity contribution is 0.192. The van der Waals surface area contributed by atoms with Crippen molar-refractivity contribution in [1.29, 1.82) is 0 Å². The van der Waals surface area contributed by atoms with E-state index >= 15 is 0 Å². The summed E-state index contributed by atoms with van der Waals surface area (Å²) < 4.78 is 5.43. The average Bonchev–Trinajstić information content (AvgIpc) is 3.13. The molecular weight excluding hydrogens is 290 g/mol. The van der Waals surface area contributed by atoms with Gasteiger partial charge in [-0.05, 0) is 30.9 Å². The summed E-state index contributed by atoms with van der Waals surface area (Å²) in [6, 6.07) is 8.16. The van der Waals surface area contributed by atoms with Gasteiger partial charge in [0.1, 0.15) is 5.75 Å². The van der Waals surface area contributed by atoms with Crippen molar-refractivity contribution in [1.82, 2.24) is 10.2 Å². The number of rotatable bonds is 4. The Kier molecular flexibility index (Phi) is 5.26. The van der Waals surface area contributed by atoms with Crippen LogP contribution in [0.1, 0.15) is 25.7 Å². The first kappa shape index (κ1) is 16.0. The van der Waals surface area contributed by atoms with Crippen LogP contribution in [0, 0.1) is 5.92 Å². The Hall–Kier alpha value is -1.91. The van der Waals surface area contributed by atoms with Crippen molar-refractivity contribution in [3.8, 4) is 5.75 Å². The predicted molar refractivity (Wildman–Crippen MR) is 92.1 cm³/mol. The standard InChI is InChI=1S/C18H27N3O2/c1-23-17-9-5-4-8-16(17)20-10-12-21(13-11-20)18(22)19-14-15-6-2-3-7-15/h4-5,8-9,15H,2-3,6-7,10-14H2,1H3,(H,19,22). The number of para-hydroxylation sites is 2.